The Morgan fingerprint density at radius 2 is 2.00 bits per heavy atom. The van der Waals surface area contributed by atoms with Gasteiger partial charge in [0.1, 0.15) is 6.61 Å². The fourth-order valence-corrected chi connectivity index (χ4v) is 2.46. The quantitative estimate of drug-likeness (QED) is 0.504. The predicted molar refractivity (Wildman–Crippen MR) is 93.4 cm³/mol. The van der Waals surface area contributed by atoms with Gasteiger partial charge in [0, 0.05) is 11.9 Å². The van der Waals surface area contributed by atoms with Gasteiger partial charge in [-0.3, -0.25) is 4.68 Å². The van der Waals surface area contributed by atoms with Crippen LogP contribution in [-0.4, -0.2) is 16.0 Å². The van der Waals surface area contributed by atoms with Crippen LogP contribution < -0.4 is 0 Å². The standard InChI is InChI=1S/C19H21N3O/c1-15(2)13-22-19-9-8-17(10-18(19)12-20-22)11-21-23-14-16-6-4-3-5-7-16/h3-12,15H,13-14H2,1-2H3/b21-11+. The average molecular weight is 307 g/mol. The number of nitrogens with zero attached hydrogens (tertiary/aromatic N) is 3. The molecule has 3 aromatic rings. The lowest BCUT2D eigenvalue weighted by molar-refractivity contribution is 0.132. The topological polar surface area (TPSA) is 39.4 Å². The summed E-state index contributed by atoms with van der Waals surface area (Å²) in [5, 5.41) is 9.62. The minimum absolute atomic E-state index is 0.478. The maximum atomic E-state index is 5.34. The molecule has 23 heavy (non-hydrogen) atoms. The number of aromatic nitrogens is 2. The Morgan fingerprint density at radius 3 is 2.78 bits per heavy atom. The summed E-state index contributed by atoms with van der Waals surface area (Å²) in [6.45, 7) is 5.79. The molecule has 0 atom stereocenters. The van der Waals surface area contributed by atoms with Crippen molar-refractivity contribution in [3.05, 3.63) is 65.9 Å². The van der Waals surface area contributed by atoms with Crippen molar-refractivity contribution in [1.82, 2.24) is 9.78 Å². The molecule has 3 rings (SSSR count). The summed E-state index contributed by atoms with van der Waals surface area (Å²) in [5.41, 5.74) is 3.27. The minimum atomic E-state index is 0.478. The van der Waals surface area contributed by atoms with Crippen molar-refractivity contribution in [2.45, 2.75) is 27.0 Å². The Morgan fingerprint density at radius 1 is 1.17 bits per heavy atom. The first-order valence-corrected chi connectivity index (χ1v) is 7.87. The van der Waals surface area contributed by atoms with E-state index < -0.39 is 0 Å². The lowest BCUT2D eigenvalue weighted by Crippen LogP contribution is -2.05. The van der Waals surface area contributed by atoms with Crippen LogP contribution in [0, 0.1) is 5.92 Å². The number of rotatable bonds is 6. The van der Waals surface area contributed by atoms with E-state index in [0.29, 0.717) is 12.5 Å². The van der Waals surface area contributed by atoms with Gasteiger partial charge in [-0.25, -0.2) is 0 Å². The Balaban J connectivity index is 1.65. The number of hydrogen-bond donors (Lipinski definition) is 0. The summed E-state index contributed by atoms with van der Waals surface area (Å²) >= 11 is 0. The summed E-state index contributed by atoms with van der Waals surface area (Å²) in [6.07, 6.45) is 3.64. The summed E-state index contributed by atoms with van der Waals surface area (Å²) in [4.78, 5) is 5.34. The smallest absolute Gasteiger partial charge is 0.142 e. The largest absolute Gasteiger partial charge is 0.391 e. The van der Waals surface area contributed by atoms with Gasteiger partial charge in [0.2, 0.25) is 0 Å². The zero-order valence-corrected chi connectivity index (χ0v) is 13.5. The van der Waals surface area contributed by atoms with Crippen LogP contribution in [0.15, 0.2) is 59.9 Å². The van der Waals surface area contributed by atoms with Crippen LogP contribution >= 0.6 is 0 Å². The molecule has 0 saturated heterocycles. The Hall–Kier alpha value is -2.62. The van der Waals surface area contributed by atoms with Crippen molar-refractivity contribution < 1.29 is 4.84 Å². The van der Waals surface area contributed by atoms with Gasteiger partial charge >= 0.3 is 0 Å². The molecule has 0 spiro atoms. The number of oxime groups is 1. The zero-order valence-electron chi connectivity index (χ0n) is 13.5. The van der Waals surface area contributed by atoms with Gasteiger partial charge in [-0.2, -0.15) is 5.10 Å². The maximum absolute atomic E-state index is 5.34. The van der Waals surface area contributed by atoms with Crippen LogP contribution in [0.2, 0.25) is 0 Å². The van der Waals surface area contributed by atoms with Gasteiger partial charge in [-0.1, -0.05) is 55.4 Å². The van der Waals surface area contributed by atoms with E-state index in [0.717, 1.165) is 28.6 Å². The molecule has 0 amide bonds. The van der Waals surface area contributed by atoms with E-state index in [1.54, 1.807) is 6.21 Å². The number of benzene rings is 2. The lowest BCUT2D eigenvalue weighted by atomic mass is 10.1. The van der Waals surface area contributed by atoms with Gasteiger partial charge in [0.05, 0.1) is 17.9 Å². The summed E-state index contributed by atoms with van der Waals surface area (Å²) in [5.74, 6) is 0.575. The first-order chi connectivity index (χ1) is 11.2. The summed E-state index contributed by atoms with van der Waals surface area (Å²) in [6, 6.07) is 16.2. The second-order valence-electron chi connectivity index (χ2n) is 6.03. The molecule has 0 saturated carbocycles. The molecule has 0 radical (unpaired) electrons. The molecule has 0 aliphatic carbocycles. The second-order valence-corrected chi connectivity index (χ2v) is 6.03. The van der Waals surface area contributed by atoms with Gasteiger partial charge in [-0.05, 0) is 29.2 Å². The molecule has 0 aliphatic rings. The summed E-state index contributed by atoms with van der Waals surface area (Å²) < 4.78 is 2.05. The molecule has 1 aromatic heterocycles. The first kappa shape index (κ1) is 15.3. The molecule has 1 heterocycles. The zero-order chi connectivity index (χ0) is 16.1. The third-order valence-electron chi connectivity index (χ3n) is 3.55. The van der Waals surface area contributed by atoms with Crippen LogP contribution in [0.25, 0.3) is 10.9 Å². The highest BCUT2D eigenvalue weighted by Gasteiger charge is 2.04. The van der Waals surface area contributed by atoms with Crippen LogP contribution in [0.1, 0.15) is 25.0 Å². The van der Waals surface area contributed by atoms with Crippen molar-refractivity contribution in [2.75, 3.05) is 0 Å². The van der Waals surface area contributed by atoms with E-state index in [2.05, 4.69) is 36.2 Å². The van der Waals surface area contributed by atoms with E-state index in [4.69, 9.17) is 4.84 Å². The fraction of sp³-hybridized carbons (Fsp3) is 0.263. The molecular weight excluding hydrogens is 286 g/mol. The maximum Gasteiger partial charge on any atom is 0.142 e. The molecule has 0 fully saturated rings. The van der Waals surface area contributed by atoms with E-state index in [-0.39, 0.29) is 0 Å². The molecule has 2 aromatic carbocycles. The third kappa shape index (κ3) is 3.97. The van der Waals surface area contributed by atoms with Gasteiger partial charge < -0.3 is 4.84 Å². The minimum Gasteiger partial charge on any atom is -0.391 e. The second kappa shape index (κ2) is 7.09. The van der Waals surface area contributed by atoms with Crippen molar-refractivity contribution in [3.8, 4) is 0 Å². The Bertz CT molecular complexity index is 791. The molecule has 0 N–H and O–H groups in total. The average Bonchev–Trinajstić information content (AvgIpc) is 2.94. The van der Waals surface area contributed by atoms with Crippen molar-refractivity contribution >= 4 is 17.1 Å². The Kier molecular flexibility index (Phi) is 4.71. The fourth-order valence-electron chi connectivity index (χ4n) is 2.46. The van der Waals surface area contributed by atoms with E-state index in [1.165, 1.54) is 0 Å². The first-order valence-electron chi connectivity index (χ1n) is 7.87. The van der Waals surface area contributed by atoms with Crippen LogP contribution in [0.5, 0.6) is 0 Å². The molecule has 0 aliphatic heterocycles. The molecule has 4 nitrogen and oxygen atoms in total. The molecular formula is C19H21N3O. The van der Waals surface area contributed by atoms with Crippen molar-refractivity contribution in [2.24, 2.45) is 11.1 Å². The van der Waals surface area contributed by atoms with Crippen LogP contribution in [-0.2, 0) is 18.0 Å². The third-order valence-corrected chi connectivity index (χ3v) is 3.55. The molecule has 4 heteroatoms. The number of fused-ring (bicyclic) bond motifs is 1. The molecule has 0 bridgehead atoms. The van der Waals surface area contributed by atoms with E-state index in [1.807, 2.05) is 47.3 Å². The molecule has 0 unspecified atom stereocenters. The Labute approximate surface area is 136 Å². The highest BCUT2D eigenvalue weighted by atomic mass is 16.6. The predicted octanol–water partition coefficient (Wildman–Crippen LogP) is 4.24. The number of hydrogen-bond acceptors (Lipinski definition) is 3. The summed E-state index contributed by atoms with van der Waals surface area (Å²) in [7, 11) is 0. The van der Waals surface area contributed by atoms with Crippen molar-refractivity contribution in [1.29, 1.82) is 0 Å². The lowest BCUT2D eigenvalue weighted by Gasteiger charge is -2.06. The molecule has 118 valence electrons. The monoisotopic (exact) mass is 307 g/mol. The van der Waals surface area contributed by atoms with Gasteiger partial charge in [-0.15, -0.1) is 0 Å². The van der Waals surface area contributed by atoms with Gasteiger partial charge in [0.15, 0.2) is 0 Å². The van der Waals surface area contributed by atoms with Crippen LogP contribution in [0.3, 0.4) is 0 Å². The van der Waals surface area contributed by atoms with Crippen molar-refractivity contribution in [3.63, 3.8) is 0 Å². The van der Waals surface area contributed by atoms with Gasteiger partial charge in [0.25, 0.3) is 0 Å². The van der Waals surface area contributed by atoms with E-state index in [9.17, 15) is 0 Å². The normalized spacial score (nSPS) is 11.6. The van der Waals surface area contributed by atoms with E-state index >= 15 is 0 Å². The highest BCUT2D eigenvalue weighted by Crippen LogP contribution is 2.16. The SMILES string of the molecule is CC(C)Cn1ncc2cc(/C=N/OCc3ccccc3)ccc21. The highest BCUT2D eigenvalue weighted by molar-refractivity contribution is 5.88. The van der Waals surface area contributed by atoms with Crippen LogP contribution in [0.4, 0.5) is 0 Å².